The monoisotopic (exact) mass is 555 g/mol. The number of likely N-dealkylation sites (N-methyl/N-ethyl adjacent to an activating group) is 1. The number of hydrogen-bond donors (Lipinski definition) is 3. The SMILES string of the molecule is CN1CCN(C(C)(C)CNC(=O)c2c(C(N)=O)ncn2-c2ccc(NC(=O)c3ccc(F)cc3Cl)cc2)CC1. The Morgan fingerprint density at radius 2 is 1.72 bits per heavy atom. The van der Waals surface area contributed by atoms with E-state index in [-0.39, 0.29) is 27.5 Å². The molecule has 1 aliphatic rings. The average molecular weight is 556 g/mol. The fourth-order valence-corrected chi connectivity index (χ4v) is 4.68. The minimum Gasteiger partial charge on any atom is -0.364 e. The van der Waals surface area contributed by atoms with Crippen molar-refractivity contribution in [1.82, 2.24) is 24.7 Å². The Labute approximate surface area is 230 Å². The summed E-state index contributed by atoms with van der Waals surface area (Å²) in [7, 11) is 2.08. The third-order valence-electron chi connectivity index (χ3n) is 6.84. The molecule has 4 rings (SSSR count). The lowest BCUT2D eigenvalue weighted by molar-refractivity contribution is 0.0586. The van der Waals surface area contributed by atoms with Gasteiger partial charge in [-0.25, -0.2) is 9.37 Å². The van der Waals surface area contributed by atoms with Gasteiger partial charge in [-0.3, -0.25) is 23.9 Å². The van der Waals surface area contributed by atoms with Crippen LogP contribution in [0.1, 0.15) is 45.2 Å². The number of nitrogens with one attached hydrogen (secondary N) is 2. The zero-order valence-electron chi connectivity index (χ0n) is 22.0. The fraction of sp³-hybridized carbons (Fsp3) is 0.333. The van der Waals surface area contributed by atoms with Gasteiger partial charge in [0.1, 0.15) is 17.8 Å². The molecule has 0 aliphatic carbocycles. The van der Waals surface area contributed by atoms with Gasteiger partial charge in [0, 0.05) is 49.6 Å². The van der Waals surface area contributed by atoms with Crippen LogP contribution in [0, 0.1) is 5.82 Å². The molecule has 0 spiro atoms. The third kappa shape index (κ3) is 6.44. The summed E-state index contributed by atoms with van der Waals surface area (Å²) in [6.45, 7) is 8.16. The maximum atomic E-state index is 13.3. The van der Waals surface area contributed by atoms with Gasteiger partial charge in [-0.2, -0.15) is 0 Å². The van der Waals surface area contributed by atoms with E-state index in [0.717, 1.165) is 38.3 Å². The minimum atomic E-state index is -0.822. The normalized spacial score (nSPS) is 14.7. The molecule has 3 amide bonds. The molecule has 0 saturated carbocycles. The van der Waals surface area contributed by atoms with Gasteiger partial charge in [0.05, 0.1) is 10.6 Å². The van der Waals surface area contributed by atoms with E-state index < -0.39 is 23.5 Å². The maximum absolute atomic E-state index is 13.3. The number of rotatable bonds is 8. The van der Waals surface area contributed by atoms with Gasteiger partial charge in [-0.15, -0.1) is 0 Å². The highest BCUT2D eigenvalue weighted by Crippen LogP contribution is 2.22. The molecule has 0 unspecified atom stereocenters. The minimum absolute atomic E-state index is 0.00651. The highest BCUT2D eigenvalue weighted by molar-refractivity contribution is 6.34. The first kappa shape index (κ1) is 28.2. The molecule has 2 heterocycles. The number of benzene rings is 2. The lowest BCUT2D eigenvalue weighted by Gasteiger charge is -2.43. The van der Waals surface area contributed by atoms with Crippen molar-refractivity contribution in [3.05, 3.63) is 76.6 Å². The van der Waals surface area contributed by atoms with Crippen LogP contribution in [0.5, 0.6) is 0 Å². The first-order valence-corrected chi connectivity index (χ1v) is 12.8. The fourth-order valence-electron chi connectivity index (χ4n) is 4.42. The van der Waals surface area contributed by atoms with E-state index in [1.54, 1.807) is 24.3 Å². The summed E-state index contributed by atoms with van der Waals surface area (Å²) in [6, 6.07) is 10.1. The van der Waals surface area contributed by atoms with Crippen molar-refractivity contribution >= 4 is 35.0 Å². The molecular formula is C27H31ClFN7O3. The number of aromatic nitrogens is 2. The molecule has 10 nitrogen and oxygen atoms in total. The van der Waals surface area contributed by atoms with Crippen LogP contribution in [0.25, 0.3) is 5.69 Å². The number of primary amides is 1. The van der Waals surface area contributed by atoms with E-state index in [0.29, 0.717) is 17.9 Å². The Hall–Kier alpha value is -3.80. The van der Waals surface area contributed by atoms with Crippen LogP contribution in [-0.4, -0.2) is 82.4 Å². The van der Waals surface area contributed by atoms with Crippen molar-refractivity contribution in [2.45, 2.75) is 19.4 Å². The molecule has 12 heteroatoms. The quantitative estimate of drug-likeness (QED) is 0.392. The predicted octanol–water partition coefficient (Wildman–Crippen LogP) is 2.77. The molecule has 2 aromatic carbocycles. The zero-order valence-corrected chi connectivity index (χ0v) is 22.8. The van der Waals surface area contributed by atoms with Crippen molar-refractivity contribution in [1.29, 1.82) is 0 Å². The maximum Gasteiger partial charge on any atom is 0.270 e. The van der Waals surface area contributed by atoms with Crippen LogP contribution in [0.4, 0.5) is 10.1 Å². The summed E-state index contributed by atoms with van der Waals surface area (Å²) in [5.74, 6) is -2.35. The predicted molar refractivity (Wildman–Crippen MR) is 147 cm³/mol. The highest BCUT2D eigenvalue weighted by Gasteiger charge is 2.31. The van der Waals surface area contributed by atoms with Crippen LogP contribution in [0.3, 0.4) is 0 Å². The largest absolute Gasteiger partial charge is 0.364 e. The average Bonchev–Trinajstić information content (AvgIpc) is 3.34. The topological polar surface area (TPSA) is 126 Å². The molecule has 0 radical (unpaired) electrons. The summed E-state index contributed by atoms with van der Waals surface area (Å²) in [5.41, 5.74) is 6.19. The van der Waals surface area contributed by atoms with Gasteiger partial charge >= 0.3 is 0 Å². The summed E-state index contributed by atoms with van der Waals surface area (Å²) in [4.78, 5) is 46.6. The molecule has 1 fully saturated rings. The Morgan fingerprint density at radius 1 is 1.05 bits per heavy atom. The number of nitrogens with two attached hydrogens (primary N) is 1. The second-order valence-electron chi connectivity index (χ2n) is 10.1. The van der Waals surface area contributed by atoms with Crippen LogP contribution >= 0.6 is 11.6 Å². The van der Waals surface area contributed by atoms with E-state index in [1.807, 2.05) is 0 Å². The van der Waals surface area contributed by atoms with Gasteiger partial charge in [-0.05, 0) is 63.4 Å². The van der Waals surface area contributed by atoms with E-state index >= 15 is 0 Å². The van der Waals surface area contributed by atoms with Crippen molar-refractivity contribution in [2.75, 3.05) is 45.1 Å². The van der Waals surface area contributed by atoms with Crippen LogP contribution in [-0.2, 0) is 0 Å². The van der Waals surface area contributed by atoms with Gasteiger partial charge in [0.25, 0.3) is 17.7 Å². The summed E-state index contributed by atoms with van der Waals surface area (Å²) in [6.07, 6.45) is 1.35. The molecular weight excluding hydrogens is 525 g/mol. The standard InChI is InChI=1S/C27H31ClFN7O3/c1-27(2,35-12-10-34(3)11-13-35)15-31-26(39)23-22(24(30)37)32-16-36(23)19-7-5-18(6-8-19)33-25(38)20-9-4-17(29)14-21(20)28/h4-9,14,16H,10-13,15H2,1-3H3,(H2,30,37)(H,31,39)(H,33,38). The second kappa shape index (κ2) is 11.5. The summed E-state index contributed by atoms with van der Waals surface area (Å²) in [5, 5.41) is 5.64. The molecule has 39 heavy (non-hydrogen) atoms. The summed E-state index contributed by atoms with van der Waals surface area (Å²) >= 11 is 5.98. The van der Waals surface area contributed by atoms with Gasteiger partial charge < -0.3 is 21.3 Å². The van der Waals surface area contributed by atoms with Gasteiger partial charge in [0.15, 0.2) is 5.69 Å². The number of hydrogen-bond acceptors (Lipinski definition) is 6. The van der Waals surface area contributed by atoms with Crippen LogP contribution in [0.15, 0.2) is 48.8 Å². The van der Waals surface area contributed by atoms with E-state index in [1.165, 1.54) is 17.0 Å². The van der Waals surface area contributed by atoms with Gasteiger partial charge in [-0.1, -0.05) is 11.6 Å². The molecule has 1 aliphatic heterocycles. The molecule has 3 aromatic rings. The van der Waals surface area contributed by atoms with Crippen LogP contribution in [0.2, 0.25) is 5.02 Å². The van der Waals surface area contributed by atoms with Gasteiger partial charge in [0.2, 0.25) is 0 Å². The summed E-state index contributed by atoms with van der Waals surface area (Å²) < 4.78 is 14.8. The number of halogens is 2. The first-order chi connectivity index (χ1) is 18.5. The number of nitrogens with zero attached hydrogens (tertiary/aromatic N) is 4. The highest BCUT2D eigenvalue weighted by atomic mass is 35.5. The van der Waals surface area contributed by atoms with E-state index in [9.17, 15) is 18.8 Å². The van der Waals surface area contributed by atoms with E-state index in [4.69, 9.17) is 17.3 Å². The number of carbonyl (C=O) groups is 3. The molecule has 0 atom stereocenters. The number of imidazole rings is 1. The molecule has 206 valence electrons. The molecule has 1 saturated heterocycles. The Bertz CT molecular complexity index is 1380. The van der Waals surface area contributed by atoms with Crippen LogP contribution < -0.4 is 16.4 Å². The van der Waals surface area contributed by atoms with Crippen molar-refractivity contribution in [2.24, 2.45) is 5.73 Å². The first-order valence-electron chi connectivity index (χ1n) is 12.4. The Kier molecular flexibility index (Phi) is 8.34. The zero-order chi connectivity index (χ0) is 28.3. The molecule has 4 N–H and O–H groups in total. The van der Waals surface area contributed by atoms with Crippen molar-refractivity contribution < 1.29 is 18.8 Å². The van der Waals surface area contributed by atoms with Crippen molar-refractivity contribution in [3.63, 3.8) is 0 Å². The smallest absolute Gasteiger partial charge is 0.270 e. The van der Waals surface area contributed by atoms with E-state index in [2.05, 4.69) is 46.3 Å². The third-order valence-corrected chi connectivity index (χ3v) is 7.15. The Balaban J connectivity index is 1.50. The second-order valence-corrected chi connectivity index (χ2v) is 10.5. The number of anilines is 1. The molecule has 1 aromatic heterocycles. The number of amides is 3. The lowest BCUT2D eigenvalue weighted by atomic mass is 10.0. The molecule has 0 bridgehead atoms. The van der Waals surface area contributed by atoms with Crippen molar-refractivity contribution in [3.8, 4) is 5.69 Å². The Morgan fingerprint density at radius 3 is 2.33 bits per heavy atom. The number of piperazine rings is 1. The number of carbonyl (C=O) groups excluding carboxylic acids is 3. The lowest BCUT2D eigenvalue weighted by Crippen LogP contribution is -2.57.